The van der Waals surface area contributed by atoms with Crippen LogP contribution in [0.5, 0.6) is 0 Å². The van der Waals surface area contributed by atoms with E-state index in [1.165, 1.54) is 77.0 Å². The fraction of sp³-hybridized carbons (Fsp3) is 1.00. The first-order chi connectivity index (χ1) is 28.7. The molecule has 0 aliphatic heterocycles. The maximum Gasteiger partial charge on any atom is 0.160 e. The van der Waals surface area contributed by atoms with Crippen LogP contribution in [0.15, 0.2) is 0 Å². The summed E-state index contributed by atoms with van der Waals surface area (Å²) in [6.07, 6.45) is 25.1. The fourth-order valence-electron chi connectivity index (χ4n) is 11.8. The molecule has 0 saturated heterocycles. The van der Waals surface area contributed by atoms with Gasteiger partial charge in [0.2, 0.25) is 0 Å². The molecule has 16 unspecified atom stereocenters. The molecule has 5 heteroatoms. The summed E-state index contributed by atoms with van der Waals surface area (Å²) in [7, 11) is 0. The van der Waals surface area contributed by atoms with E-state index in [1.54, 1.807) is 0 Å². The highest BCUT2D eigenvalue weighted by molar-refractivity contribution is 4.72. The van der Waals surface area contributed by atoms with E-state index < -0.39 is 0 Å². The van der Waals surface area contributed by atoms with Gasteiger partial charge in [-0.3, -0.25) is 0 Å². The van der Waals surface area contributed by atoms with Crippen LogP contribution in [0.25, 0.3) is 0 Å². The lowest BCUT2D eigenvalue weighted by Crippen LogP contribution is -2.28. The van der Waals surface area contributed by atoms with Crippen molar-refractivity contribution < 1.29 is 24.4 Å². The number of aliphatic hydroxyl groups is 2. The molecule has 5 nitrogen and oxygen atoms in total. The van der Waals surface area contributed by atoms with Gasteiger partial charge < -0.3 is 24.4 Å². The molecule has 0 aromatic heterocycles. The number of unbranched alkanes of at least 4 members (excludes halogenated alkanes) is 2. The molecule has 0 fully saturated rings. The van der Waals surface area contributed by atoms with Crippen molar-refractivity contribution in [2.75, 3.05) is 13.2 Å². The van der Waals surface area contributed by atoms with Crippen molar-refractivity contribution >= 4 is 0 Å². The highest BCUT2D eigenvalue weighted by atomic mass is 16.8. The van der Waals surface area contributed by atoms with E-state index in [2.05, 4.69) is 96.9 Å². The summed E-state index contributed by atoms with van der Waals surface area (Å²) in [4.78, 5) is 0. The monoisotopic (exact) mass is 867 g/mol. The normalized spacial score (nSPS) is 20.4. The number of rotatable bonds is 42. The van der Waals surface area contributed by atoms with Crippen molar-refractivity contribution in [1.29, 1.82) is 0 Å². The van der Waals surface area contributed by atoms with Crippen LogP contribution >= 0.6 is 0 Å². The van der Waals surface area contributed by atoms with E-state index in [4.69, 9.17) is 14.2 Å². The minimum absolute atomic E-state index is 0.182. The molecular formula is C56H114O5. The molecule has 0 aliphatic rings. The minimum Gasteiger partial charge on any atom is -0.393 e. The Morgan fingerprint density at radius 2 is 0.525 bits per heavy atom. The molecule has 0 radical (unpaired) electrons. The maximum absolute atomic E-state index is 9.76. The van der Waals surface area contributed by atoms with E-state index >= 15 is 0 Å². The van der Waals surface area contributed by atoms with Crippen molar-refractivity contribution in [2.24, 2.45) is 71.0 Å². The van der Waals surface area contributed by atoms with Gasteiger partial charge in [-0.15, -0.1) is 0 Å². The van der Waals surface area contributed by atoms with Crippen LogP contribution in [-0.2, 0) is 14.2 Å². The van der Waals surface area contributed by atoms with Crippen LogP contribution in [0.2, 0.25) is 0 Å². The third kappa shape index (κ3) is 36.7. The average Bonchev–Trinajstić information content (AvgIpc) is 3.09. The van der Waals surface area contributed by atoms with Crippen molar-refractivity contribution in [1.82, 2.24) is 0 Å². The van der Waals surface area contributed by atoms with Crippen LogP contribution in [0, 0.1) is 71.0 Å². The summed E-state index contributed by atoms with van der Waals surface area (Å²) in [5.74, 6) is 8.66. The average molecular weight is 868 g/mol. The van der Waals surface area contributed by atoms with Crippen LogP contribution in [-0.4, -0.2) is 48.2 Å². The molecule has 368 valence electrons. The van der Waals surface area contributed by atoms with Crippen LogP contribution < -0.4 is 0 Å². The zero-order chi connectivity index (χ0) is 46.3. The van der Waals surface area contributed by atoms with Gasteiger partial charge in [-0.1, -0.05) is 123 Å². The minimum atomic E-state index is -0.185. The molecule has 0 saturated carbocycles. The Morgan fingerprint density at radius 3 is 0.754 bits per heavy atom. The van der Waals surface area contributed by atoms with Crippen molar-refractivity contribution in [2.45, 2.75) is 277 Å². The van der Waals surface area contributed by atoms with Gasteiger partial charge in [0.25, 0.3) is 0 Å². The van der Waals surface area contributed by atoms with E-state index in [9.17, 15) is 10.2 Å². The molecule has 0 aromatic carbocycles. The Kier molecular flexibility index (Phi) is 36.8. The number of aliphatic hydroxyl groups excluding tert-OH is 2. The van der Waals surface area contributed by atoms with Gasteiger partial charge in [-0.2, -0.15) is 0 Å². The zero-order valence-corrected chi connectivity index (χ0v) is 44.3. The summed E-state index contributed by atoms with van der Waals surface area (Å²) in [6, 6.07) is 0. The summed E-state index contributed by atoms with van der Waals surface area (Å²) in [5.41, 5.74) is 0. The van der Waals surface area contributed by atoms with Crippen molar-refractivity contribution in [3.05, 3.63) is 0 Å². The number of hydrogen-bond donors (Lipinski definition) is 2. The summed E-state index contributed by atoms with van der Waals surface area (Å²) >= 11 is 0. The van der Waals surface area contributed by atoms with Gasteiger partial charge in [0, 0.05) is 13.2 Å². The molecular weight excluding hydrogens is 753 g/mol. The number of hydrogen-bond acceptors (Lipinski definition) is 5. The molecule has 0 amide bonds. The predicted octanol–water partition coefficient (Wildman–Crippen LogP) is 16.7. The molecule has 0 aliphatic carbocycles. The molecule has 0 heterocycles. The van der Waals surface area contributed by atoms with Gasteiger partial charge in [-0.25, -0.2) is 0 Å². The zero-order valence-electron chi connectivity index (χ0n) is 44.3. The van der Waals surface area contributed by atoms with Crippen LogP contribution in [0.3, 0.4) is 0 Å². The third-order valence-corrected chi connectivity index (χ3v) is 13.7. The molecule has 0 aromatic rings. The second kappa shape index (κ2) is 37.0. The van der Waals surface area contributed by atoms with Gasteiger partial charge in [-0.05, 0) is 200 Å². The lowest BCUT2D eigenvalue weighted by molar-refractivity contribution is -0.250. The summed E-state index contributed by atoms with van der Waals surface area (Å²) < 4.78 is 19.5. The summed E-state index contributed by atoms with van der Waals surface area (Å²) in [5, 5.41) is 19.5. The highest BCUT2D eigenvalue weighted by Gasteiger charge is 2.23. The second-order valence-electron chi connectivity index (χ2n) is 23.1. The highest BCUT2D eigenvalue weighted by Crippen LogP contribution is 2.32. The Labute approximate surface area is 384 Å². The predicted molar refractivity (Wildman–Crippen MR) is 267 cm³/mol. The van der Waals surface area contributed by atoms with Gasteiger partial charge in [0.1, 0.15) is 0 Å². The largest absolute Gasteiger partial charge is 0.393 e. The lowest BCUT2D eigenvalue weighted by atomic mass is 9.81. The Hall–Kier alpha value is -0.200. The summed E-state index contributed by atoms with van der Waals surface area (Å²) in [6.45, 7) is 39.0. The first-order valence-corrected chi connectivity index (χ1v) is 27.0. The third-order valence-electron chi connectivity index (χ3n) is 13.7. The number of ether oxygens (including phenoxy) is 3. The van der Waals surface area contributed by atoms with Crippen LogP contribution in [0.4, 0.5) is 0 Å². The van der Waals surface area contributed by atoms with Gasteiger partial charge in [0.15, 0.2) is 12.6 Å². The lowest BCUT2D eigenvalue weighted by Gasteiger charge is -2.27. The van der Waals surface area contributed by atoms with Crippen molar-refractivity contribution in [3.63, 3.8) is 0 Å². The Bertz CT molecular complexity index is 881. The Morgan fingerprint density at radius 1 is 0.295 bits per heavy atom. The molecule has 16 atom stereocenters. The first-order valence-electron chi connectivity index (χ1n) is 27.0. The van der Waals surface area contributed by atoms with E-state index in [-0.39, 0.29) is 24.8 Å². The SMILES string of the molecule is CCCCOC(CCCC(C)CC(C)CC(C)CC(C)CC(C)CC(C)CC(C)O)OC(CCCC(C)CC(C)CC(C)CC(C)CC(C)CC(C)CC(C)O)OCCCC. The molecule has 2 N–H and O–H groups in total. The second-order valence-corrected chi connectivity index (χ2v) is 23.1. The van der Waals surface area contributed by atoms with E-state index in [0.29, 0.717) is 23.7 Å². The quantitative estimate of drug-likeness (QED) is 0.0473. The van der Waals surface area contributed by atoms with Crippen LogP contribution in [0.1, 0.15) is 252 Å². The molecule has 61 heavy (non-hydrogen) atoms. The van der Waals surface area contributed by atoms with E-state index in [1.807, 2.05) is 13.8 Å². The van der Waals surface area contributed by atoms with Crippen molar-refractivity contribution in [3.8, 4) is 0 Å². The standard InChI is InChI=1S/C56H114O5/c1-17-19-27-59-55(25-21-23-41(3)29-43(5)31-45(7)33-47(9)35-49(11)37-51(13)39-53(15)57)61-56(60-28-20-18-2)26-22-24-42(4)30-44(6)32-46(8)34-48(10)36-50(12)38-52(14)40-54(16)58/h41-58H,17-40H2,1-16H3. The topological polar surface area (TPSA) is 68.2 Å². The molecule has 0 spiro atoms. The maximum atomic E-state index is 9.76. The smallest absolute Gasteiger partial charge is 0.160 e. The Balaban J connectivity index is 4.89. The van der Waals surface area contributed by atoms with Gasteiger partial charge in [0.05, 0.1) is 12.2 Å². The molecule has 0 bridgehead atoms. The molecule has 0 rings (SSSR count). The van der Waals surface area contributed by atoms with Gasteiger partial charge >= 0.3 is 0 Å². The van der Waals surface area contributed by atoms with E-state index in [0.717, 1.165) is 125 Å². The first kappa shape index (κ1) is 60.8. The fourth-order valence-corrected chi connectivity index (χ4v) is 11.8.